The van der Waals surface area contributed by atoms with Crippen molar-refractivity contribution in [3.8, 4) is 5.88 Å². The largest absolute Gasteiger partial charge is 0.493 e. The van der Waals surface area contributed by atoms with Crippen LogP contribution in [0.4, 0.5) is 0 Å². The lowest BCUT2D eigenvalue weighted by Crippen LogP contribution is -2.29. The molecule has 0 bridgehead atoms. The van der Waals surface area contributed by atoms with Gasteiger partial charge in [0.1, 0.15) is 0 Å². The van der Waals surface area contributed by atoms with Crippen LogP contribution < -0.4 is 5.56 Å². The predicted molar refractivity (Wildman–Crippen MR) is 93.0 cm³/mol. The lowest BCUT2D eigenvalue weighted by atomic mass is 10.0. The van der Waals surface area contributed by atoms with E-state index in [2.05, 4.69) is 30.7 Å². The van der Waals surface area contributed by atoms with E-state index < -0.39 is 0 Å². The quantitative estimate of drug-likeness (QED) is 0.532. The smallest absolute Gasteiger partial charge is 0.258 e. The summed E-state index contributed by atoms with van der Waals surface area (Å²) in [6.07, 6.45) is 3.31. The fourth-order valence-corrected chi connectivity index (χ4v) is 2.75. The number of aromatic hydroxyl groups is 1. The molecule has 1 aromatic heterocycles. The van der Waals surface area contributed by atoms with Crippen LogP contribution in [0.2, 0.25) is 0 Å². The fraction of sp³-hybridized carbons (Fsp3) is 0.688. The molecule has 1 rings (SSSR count). The SMILES string of the molecule is CCCCN(C)C(=O)CSc1nc(O)c(CCC(C)C)c(=O)[nH]1. The van der Waals surface area contributed by atoms with Crippen LogP contribution in [0.25, 0.3) is 0 Å². The monoisotopic (exact) mass is 341 g/mol. The van der Waals surface area contributed by atoms with Crippen molar-refractivity contribution in [2.75, 3.05) is 19.3 Å². The van der Waals surface area contributed by atoms with Gasteiger partial charge in [0.05, 0.1) is 11.3 Å². The molecule has 7 heteroatoms. The van der Waals surface area contributed by atoms with Gasteiger partial charge in [-0.2, -0.15) is 4.98 Å². The van der Waals surface area contributed by atoms with Crippen molar-refractivity contribution in [3.05, 3.63) is 15.9 Å². The molecule has 0 radical (unpaired) electrons. The molecule has 0 unspecified atom stereocenters. The molecule has 130 valence electrons. The van der Waals surface area contributed by atoms with Gasteiger partial charge >= 0.3 is 0 Å². The number of rotatable bonds is 9. The number of carbonyl (C=O) groups excluding carboxylic acids is 1. The normalized spacial score (nSPS) is 11.0. The number of thioether (sulfide) groups is 1. The van der Waals surface area contributed by atoms with Crippen molar-refractivity contribution in [3.63, 3.8) is 0 Å². The van der Waals surface area contributed by atoms with E-state index >= 15 is 0 Å². The maximum atomic E-state index is 12.0. The Hall–Kier alpha value is -1.50. The Bertz CT molecular complexity index is 572. The van der Waals surface area contributed by atoms with E-state index in [0.29, 0.717) is 17.9 Å². The molecule has 0 saturated heterocycles. The minimum Gasteiger partial charge on any atom is -0.493 e. The Balaban J connectivity index is 2.65. The van der Waals surface area contributed by atoms with Gasteiger partial charge in [-0.15, -0.1) is 0 Å². The van der Waals surface area contributed by atoms with Gasteiger partial charge in [-0.25, -0.2) is 0 Å². The van der Waals surface area contributed by atoms with Crippen LogP contribution in [-0.2, 0) is 11.2 Å². The molecule has 2 N–H and O–H groups in total. The van der Waals surface area contributed by atoms with Gasteiger partial charge in [0.2, 0.25) is 11.8 Å². The molecule has 0 fully saturated rings. The predicted octanol–water partition coefficient (Wildman–Crippen LogP) is 2.41. The number of nitrogens with one attached hydrogen (secondary N) is 1. The number of nitrogens with zero attached hydrogens (tertiary/aromatic N) is 2. The minimum atomic E-state index is -0.326. The molecule has 0 spiro atoms. The number of carbonyl (C=O) groups is 1. The van der Waals surface area contributed by atoms with Crippen LogP contribution in [0.3, 0.4) is 0 Å². The molecule has 0 saturated carbocycles. The van der Waals surface area contributed by atoms with Crippen molar-refractivity contribution in [1.82, 2.24) is 14.9 Å². The minimum absolute atomic E-state index is 0.0190. The molecule has 1 aromatic rings. The molecule has 1 amide bonds. The molecule has 0 atom stereocenters. The van der Waals surface area contributed by atoms with Gasteiger partial charge in [-0.1, -0.05) is 39.0 Å². The maximum absolute atomic E-state index is 12.0. The summed E-state index contributed by atoms with van der Waals surface area (Å²) in [4.78, 5) is 32.3. The highest BCUT2D eigenvalue weighted by Gasteiger charge is 2.14. The van der Waals surface area contributed by atoms with Crippen LogP contribution in [0, 0.1) is 5.92 Å². The van der Waals surface area contributed by atoms with Crippen molar-refractivity contribution in [1.29, 1.82) is 0 Å². The number of amides is 1. The first-order valence-corrected chi connectivity index (χ1v) is 9.02. The van der Waals surface area contributed by atoms with Crippen LogP contribution in [0.15, 0.2) is 9.95 Å². The molecular formula is C16H27N3O3S. The molecule has 0 aromatic carbocycles. The van der Waals surface area contributed by atoms with Crippen molar-refractivity contribution < 1.29 is 9.90 Å². The zero-order valence-electron chi connectivity index (χ0n) is 14.4. The Morgan fingerprint density at radius 1 is 1.43 bits per heavy atom. The molecule has 0 aliphatic heterocycles. The van der Waals surface area contributed by atoms with Gasteiger partial charge in [0.25, 0.3) is 5.56 Å². The van der Waals surface area contributed by atoms with E-state index in [9.17, 15) is 14.7 Å². The molecule has 23 heavy (non-hydrogen) atoms. The number of H-pyrrole nitrogens is 1. The van der Waals surface area contributed by atoms with Crippen LogP contribution in [0.1, 0.15) is 45.6 Å². The Morgan fingerprint density at radius 2 is 2.13 bits per heavy atom. The summed E-state index contributed by atoms with van der Waals surface area (Å²) in [7, 11) is 1.77. The Morgan fingerprint density at radius 3 is 2.70 bits per heavy atom. The molecule has 0 aliphatic carbocycles. The van der Waals surface area contributed by atoms with Crippen molar-refractivity contribution in [2.24, 2.45) is 5.92 Å². The average Bonchev–Trinajstić information content (AvgIpc) is 2.49. The van der Waals surface area contributed by atoms with Gasteiger partial charge < -0.3 is 15.0 Å². The van der Waals surface area contributed by atoms with Crippen LogP contribution in [0.5, 0.6) is 5.88 Å². The van der Waals surface area contributed by atoms with Crippen molar-refractivity contribution in [2.45, 2.75) is 51.6 Å². The number of hydrogen-bond acceptors (Lipinski definition) is 5. The number of unbranched alkanes of at least 4 members (excludes halogenated alkanes) is 1. The third kappa shape index (κ3) is 6.64. The Kier molecular flexibility index (Phi) is 8.16. The van der Waals surface area contributed by atoms with Gasteiger partial charge in [0.15, 0.2) is 5.16 Å². The average molecular weight is 341 g/mol. The second kappa shape index (κ2) is 9.60. The summed E-state index contributed by atoms with van der Waals surface area (Å²) in [5.74, 6) is 0.380. The lowest BCUT2D eigenvalue weighted by molar-refractivity contribution is -0.127. The second-order valence-electron chi connectivity index (χ2n) is 6.06. The lowest BCUT2D eigenvalue weighted by Gasteiger charge is -2.16. The van der Waals surface area contributed by atoms with Gasteiger partial charge in [-0.3, -0.25) is 9.59 Å². The molecular weight excluding hydrogens is 314 g/mol. The number of aromatic nitrogens is 2. The highest BCUT2D eigenvalue weighted by molar-refractivity contribution is 7.99. The van der Waals surface area contributed by atoms with Crippen LogP contribution >= 0.6 is 11.8 Å². The van der Waals surface area contributed by atoms with Crippen LogP contribution in [-0.4, -0.2) is 45.2 Å². The first-order chi connectivity index (χ1) is 10.8. The number of hydrogen-bond donors (Lipinski definition) is 2. The van der Waals surface area contributed by atoms with Gasteiger partial charge in [-0.05, 0) is 25.2 Å². The van der Waals surface area contributed by atoms with E-state index in [-0.39, 0.29) is 28.3 Å². The first kappa shape index (κ1) is 19.5. The third-order valence-electron chi connectivity index (χ3n) is 3.55. The summed E-state index contributed by atoms with van der Waals surface area (Å²) in [5.41, 5.74) is -0.0122. The highest BCUT2D eigenvalue weighted by atomic mass is 32.2. The topological polar surface area (TPSA) is 86.3 Å². The molecule has 0 aliphatic rings. The zero-order chi connectivity index (χ0) is 17.4. The standard InChI is InChI=1S/C16H27N3O3S/c1-5-6-9-19(4)13(20)10-23-16-17-14(21)12(15(22)18-16)8-7-11(2)3/h11H,5-10H2,1-4H3,(H2,17,18,21,22). The van der Waals surface area contributed by atoms with Gasteiger partial charge in [0, 0.05) is 13.6 Å². The second-order valence-corrected chi connectivity index (χ2v) is 7.03. The van der Waals surface area contributed by atoms with Crippen molar-refractivity contribution >= 4 is 17.7 Å². The van der Waals surface area contributed by atoms with E-state index in [0.717, 1.165) is 37.6 Å². The summed E-state index contributed by atoms with van der Waals surface area (Å²) >= 11 is 1.13. The molecule has 6 nitrogen and oxygen atoms in total. The Labute approximate surface area is 141 Å². The maximum Gasteiger partial charge on any atom is 0.258 e. The zero-order valence-corrected chi connectivity index (χ0v) is 15.2. The third-order valence-corrected chi connectivity index (χ3v) is 4.41. The van der Waals surface area contributed by atoms with E-state index in [1.54, 1.807) is 11.9 Å². The first-order valence-electron chi connectivity index (χ1n) is 8.04. The van der Waals surface area contributed by atoms with E-state index in [1.807, 2.05) is 0 Å². The summed E-state index contributed by atoms with van der Waals surface area (Å²) < 4.78 is 0. The summed E-state index contributed by atoms with van der Waals surface area (Å²) in [5, 5.41) is 10.2. The summed E-state index contributed by atoms with van der Waals surface area (Å²) in [6.45, 7) is 6.91. The summed E-state index contributed by atoms with van der Waals surface area (Å²) in [6, 6.07) is 0. The number of aromatic amines is 1. The fourth-order valence-electron chi connectivity index (χ4n) is 1.95. The highest BCUT2D eigenvalue weighted by Crippen LogP contribution is 2.18. The van der Waals surface area contributed by atoms with E-state index in [4.69, 9.17) is 0 Å². The molecule has 1 heterocycles. The van der Waals surface area contributed by atoms with E-state index in [1.165, 1.54) is 0 Å².